The van der Waals surface area contributed by atoms with Gasteiger partial charge in [-0.1, -0.05) is 193 Å². The molecule has 12 aromatic rings. The second kappa shape index (κ2) is 17.7. The molecule has 342 valence electrons. The molecule has 14 rings (SSSR count). The van der Waals surface area contributed by atoms with E-state index in [0.29, 0.717) is 5.56 Å². The molecular formula is C67H42N4S2. The van der Waals surface area contributed by atoms with Gasteiger partial charge in [0.05, 0.1) is 56.8 Å². The van der Waals surface area contributed by atoms with E-state index in [0.717, 1.165) is 106 Å². The smallest absolute Gasteiger partial charge is 0.0998 e. The third-order valence-corrected chi connectivity index (χ3v) is 16.4. The quantitative estimate of drug-likeness (QED) is 0.159. The molecule has 0 amide bonds. The van der Waals surface area contributed by atoms with Crippen molar-refractivity contribution in [3.63, 3.8) is 0 Å². The summed E-state index contributed by atoms with van der Waals surface area (Å²) in [6.45, 7) is 0. The fourth-order valence-corrected chi connectivity index (χ4v) is 13.2. The molecule has 0 N–H and O–H groups in total. The molecule has 3 heterocycles. The number of aromatic nitrogens is 1. The first kappa shape index (κ1) is 42.9. The maximum absolute atomic E-state index is 11.7. The van der Waals surface area contributed by atoms with Gasteiger partial charge in [-0.15, -0.1) is 0 Å². The molecule has 0 spiro atoms. The van der Waals surface area contributed by atoms with Crippen LogP contribution in [0.25, 0.3) is 72.0 Å². The van der Waals surface area contributed by atoms with Gasteiger partial charge in [0.2, 0.25) is 0 Å². The Morgan fingerprint density at radius 3 is 1.37 bits per heavy atom. The molecule has 4 nitrogen and oxygen atoms in total. The summed E-state index contributed by atoms with van der Waals surface area (Å²) in [7, 11) is 0. The van der Waals surface area contributed by atoms with E-state index in [1.807, 2.05) is 17.8 Å². The molecule has 6 heteroatoms. The van der Waals surface area contributed by atoms with Crippen LogP contribution in [0.4, 0.5) is 34.1 Å². The second-order valence-corrected chi connectivity index (χ2v) is 20.5. The second-order valence-electron chi connectivity index (χ2n) is 18.3. The molecule has 2 aliphatic rings. The Kier molecular flexibility index (Phi) is 10.4. The minimum absolute atomic E-state index is 0.593. The summed E-state index contributed by atoms with van der Waals surface area (Å²) in [5.41, 5.74) is 18.3. The van der Waals surface area contributed by atoms with Crippen molar-refractivity contribution in [3.05, 3.63) is 260 Å². The molecule has 2 aliphatic heterocycles. The Labute approximate surface area is 432 Å². The Hall–Kier alpha value is -8.99. The number of rotatable bonds is 7. The highest BCUT2D eigenvalue weighted by atomic mass is 32.2. The first-order valence-electron chi connectivity index (χ1n) is 24.5. The van der Waals surface area contributed by atoms with Crippen LogP contribution >= 0.6 is 23.5 Å². The van der Waals surface area contributed by atoms with Crippen LogP contribution in [0, 0.1) is 11.3 Å². The SMILES string of the molecule is N#Cc1cc(-c2cccc(N3c4ccccc4Sc4ccccc43)c2)c(-n2c3ccccc3c3ccccc32)c(-c2ccc(-c3ccccc3)c(N3c4ccccc4Sc4ccccc43)c2)c1-c1ccccc1. The van der Waals surface area contributed by atoms with Gasteiger partial charge in [0.1, 0.15) is 0 Å². The minimum atomic E-state index is 0.593. The zero-order valence-electron chi connectivity index (χ0n) is 39.4. The highest BCUT2D eigenvalue weighted by Crippen LogP contribution is 2.56. The van der Waals surface area contributed by atoms with Gasteiger partial charge in [-0.25, -0.2) is 0 Å². The predicted molar refractivity (Wildman–Crippen MR) is 305 cm³/mol. The lowest BCUT2D eigenvalue weighted by Gasteiger charge is -2.34. The maximum Gasteiger partial charge on any atom is 0.0998 e. The monoisotopic (exact) mass is 966 g/mol. The van der Waals surface area contributed by atoms with Crippen molar-refractivity contribution in [1.29, 1.82) is 5.26 Å². The van der Waals surface area contributed by atoms with Crippen molar-refractivity contribution in [3.8, 4) is 56.3 Å². The molecular weight excluding hydrogens is 925 g/mol. The van der Waals surface area contributed by atoms with Crippen LogP contribution in [0.1, 0.15) is 5.56 Å². The summed E-state index contributed by atoms with van der Waals surface area (Å²) in [5.74, 6) is 0. The van der Waals surface area contributed by atoms with Crippen LogP contribution in [0.2, 0.25) is 0 Å². The molecule has 11 aromatic carbocycles. The van der Waals surface area contributed by atoms with Crippen LogP contribution in [0.15, 0.2) is 274 Å². The van der Waals surface area contributed by atoms with Gasteiger partial charge in [-0.2, -0.15) is 5.26 Å². The zero-order valence-corrected chi connectivity index (χ0v) is 41.0. The number of benzene rings is 11. The zero-order chi connectivity index (χ0) is 48.4. The molecule has 1 aromatic heterocycles. The minimum Gasteiger partial charge on any atom is -0.308 e. The first-order chi connectivity index (χ1) is 36.2. The lowest BCUT2D eigenvalue weighted by molar-refractivity contribution is 1.16. The van der Waals surface area contributed by atoms with Crippen molar-refractivity contribution >= 4 is 79.5 Å². The number of nitrogens with zero attached hydrogens (tertiary/aromatic N) is 4. The largest absolute Gasteiger partial charge is 0.308 e. The first-order valence-corrected chi connectivity index (χ1v) is 26.1. The molecule has 0 saturated heterocycles. The maximum atomic E-state index is 11.7. The van der Waals surface area contributed by atoms with Crippen molar-refractivity contribution in [2.75, 3.05) is 9.80 Å². The fraction of sp³-hybridized carbons (Fsp3) is 0. The van der Waals surface area contributed by atoms with Gasteiger partial charge >= 0.3 is 0 Å². The average Bonchev–Trinajstić information content (AvgIpc) is 3.80. The van der Waals surface area contributed by atoms with Crippen molar-refractivity contribution < 1.29 is 0 Å². The third kappa shape index (κ3) is 7.08. The standard InChI is InChI=1S/C67H42N4S2/c68-43-48-41-53(46-24-19-25-49(40-46)69-56-30-11-15-34-61(56)72-62-35-16-12-31-57(62)69)67(71-54-28-9-7-26-51(54)52-27-8-10-29-55(52)71)66(65(48)45-22-5-2-6-23-45)47-38-39-50(44-20-3-1-4-21-44)60(42-47)70-58-32-13-17-36-63(58)73-64-37-18-14-33-59(64)70/h1-42H. The summed E-state index contributed by atoms with van der Waals surface area (Å²) in [4.78, 5) is 9.61. The molecule has 0 unspecified atom stereocenters. The van der Waals surface area contributed by atoms with E-state index in [2.05, 4.69) is 269 Å². The fourth-order valence-electron chi connectivity index (χ4n) is 11.1. The van der Waals surface area contributed by atoms with E-state index in [1.165, 1.54) is 19.6 Å². The summed E-state index contributed by atoms with van der Waals surface area (Å²) in [6, 6.07) is 94.2. The Morgan fingerprint density at radius 2 is 0.808 bits per heavy atom. The van der Waals surface area contributed by atoms with Gasteiger partial charge < -0.3 is 14.4 Å². The highest BCUT2D eigenvalue weighted by molar-refractivity contribution is 8.00. The number of para-hydroxylation sites is 6. The number of hydrogen-bond acceptors (Lipinski definition) is 5. The van der Waals surface area contributed by atoms with Gasteiger partial charge in [0, 0.05) is 58.3 Å². The topological polar surface area (TPSA) is 35.2 Å². The normalized spacial score (nSPS) is 12.5. The molecule has 0 radical (unpaired) electrons. The molecule has 0 fully saturated rings. The van der Waals surface area contributed by atoms with E-state index in [4.69, 9.17) is 0 Å². The van der Waals surface area contributed by atoms with E-state index >= 15 is 0 Å². The van der Waals surface area contributed by atoms with Crippen LogP contribution in [-0.2, 0) is 0 Å². The Morgan fingerprint density at radius 1 is 0.329 bits per heavy atom. The molecule has 0 bridgehead atoms. The third-order valence-electron chi connectivity index (χ3n) is 14.2. The summed E-state index contributed by atoms with van der Waals surface area (Å²) in [5, 5.41) is 14.0. The lowest BCUT2D eigenvalue weighted by Crippen LogP contribution is -2.16. The van der Waals surface area contributed by atoms with E-state index in [1.54, 1.807) is 11.8 Å². The molecule has 0 aliphatic carbocycles. The average molecular weight is 967 g/mol. The van der Waals surface area contributed by atoms with Crippen molar-refractivity contribution in [2.24, 2.45) is 0 Å². The summed E-state index contributed by atoms with van der Waals surface area (Å²) in [6.07, 6.45) is 0. The van der Waals surface area contributed by atoms with Gasteiger partial charge in [-0.3, -0.25) is 0 Å². The van der Waals surface area contributed by atoms with Gasteiger partial charge in [-0.05, 0) is 107 Å². The Balaban J connectivity index is 1.13. The Bertz CT molecular complexity index is 4050. The van der Waals surface area contributed by atoms with Crippen LogP contribution in [0.3, 0.4) is 0 Å². The number of fused-ring (bicyclic) bond motifs is 7. The highest BCUT2D eigenvalue weighted by Gasteiger charge is 2.31. The van der Waals surface area contributed by atoms with Crippen molar-refractivity contribution in [1.82, 2.24) is 4.57 Å². The van der Waals surface area contributed by atoms with Crippen LogP contribution in [0.5, 0.6) is 0 Å². The lowest BCUT2D eigenvalue weighted by atomic mass is 9.84. The van der Waals surface area contributed by atoms with Crippen LogP contribution < -0.4 is 9.80 Å². The summed E-state index contributed by atoms with van der Waals surface area (Å²) >= 11 is 3.61. The predicted octanol–water partition coefficient (Wildman–Crippen LogP) is 19.2. The summed E-state index contributed by atoms with van der Waals surface area (Å²) < 4.78 is 2.46. The van der Waals surface area contributed by atoms with Gasteiger partial charge in [0.15, 0.2) is 0 Å². The van der Waals surface area contributed by atoms with Crippen LogP contribution in [-0.4, -0.2) is 4.57 Å². The molecule has 73 heavy (non-hydrogen) atoms. The number of nitriles is 1. The molecule has 0 atom stereocenters. The number of hydrogen-bond donors (Lipinski definition) is 0. The van der Waals surface area contributed by atoms with E-state index < -0.39 is 0 Å². The molecule has 0 saturated carbocycles. The van der Waals surface area contributed by atoms with Gasteiger partial charge in [0.25, 0.3) is 0 Å². The number of anilines is 6. The van der Waals surface area contributed by atoms with Crippen molar-refractivity contribution in [2.45, 2.75) is 19.6 Å². The van der Waals surface area contributed by atoms with E-state index in [9.17, 15) is 5.26 Å². The van der Waals surface area contributed by atoms with E-state index in [-0.39, 0.29) is 0 Å².